The van der Waals surface area contributed by atoms with Gasteiger partial charge in [-0.2, -0.15) is 0 Å². The predicted octanol–water partition coefficient (Wildman–Crippen LogP) is 8.46. The lowest BCUT2D eigenvalue weighted by atomic mass is 9.64. The molecule has 2 saturated carbocycles. The Bertz CT molecular complexity index is 977. The van der Waals surface area contributed by atoms with E-state index in [1.807, 2.05) is 31.2 Å². The lowest BCUT2D eigenvalue weighted by molar-refractivity contribution is 0.133. The molecule has 2 aromatic carbocycles. The summed E-state index contributed by atoms with van der Waals surface area (Å²) in [5, 5.41) is 0. The third-order valence-electron chi connectivity index (χ3n) is 7.40. The smallest absolute Gasteiger partial charge is 0.165 e. The first-order valence-electron chi connectivity index (χ1n) is 12.0. The Hall–Kier alpha value is -2.42. The van der Waals surface area contributed by atoms with E-state index in [0.717, 1.165) is 29.7 Å². The topological polar surface area (TPSA) is 9.23 Å². The monoisotopic (exact) mass is 436 g/mol. The third-order valence-corrected chi connectivity index (χ3v) is 7.40. The number of fused-ring (bicyclic) bond motifs is 1. The molecule has 0 aromatic heterocycles. The van der Waals surface area contributed by atoms with E-state index in [-0.39, 0.29) is 11.6 Å². The highest BCUT2D eigenvalue weighted by atomic mass is 19.1. The van der Waals surface area contributed by atoms with Crippen molar-refractivity contribution in [2.24, 2.45) is 17.8 Å². The fourth-order valence-corrected chi connectivity index (χ4v) is 5.71. The molecule has 0 heterocycles. The number of benzene rings is 2. The molecule has 4 rings (SSSR count). The molecular formula is C29H34F2O. The second-order valence-corrected chi connectivity index (χ2v) is 9.39. The van der Waals surface area contributed by atoms with Gasteiger partial charge < -0.3 is 4.74 Å². The summed E-state index contributed by atoms with van der Waals surface area (Å²) in [5.41, 5.74) is 2.07. The highest BCUT2D eigenvalue weighted by molar-refractivity contribution is 5.65. The first kappa shape index (κ1) is 22.8. The van der Waals surface area contributed by atoms with E-state index < -0.39 is 5.82 Å². The predicted molar refractivity (Wildman–Crippen MR) is 128 cm³/mol. The second-order valence-electron chi connectivity index (χ2n) is 9.39. The number of hydrogen-bond acceptors (Lipinski definition) is 1. The van der Waals surface area contributed by atoms with Crippen molar-refractivity contribution in [2.75, 3.05) is 6.61 Å². The highest BCUT2D eigenvalue weighted by Crippen LogP contribution is 2.48. The second kappa shape index (κ2) is 10.5. The molecule has 3 heteroatoms. The lowest BCUT2D eigenvalue weighted by Crippen LogP contribution is -2.30. The lowest BCUT2D eigenvalue weighted by Gasteiger charge is -2.41. The summed E-state index contributed by atoms with van der Waals surface area (Å²) in [6, 6.07) is 10.2. The molecule has 0 aliphatic heterocycles. The van der Waals surface area contributed by atoms with E-state index in [1.54, 1.807) is 18.2 Å². The minimum atomic E-state index is -0.470. The molecule has 0 saturated heterocycles. The van der Waals surface area contributed by atoms with Crippen molar-refractivity contribution in [1.82, 2.24) is 0 Å². The van der Waals surface area contributed by atoms with Gasteiger partial charge in [0.25, 0.3) is 0 Å². The zero-order valence-electron chi connectivity index (χ0n) is 19.2. The third kappa shape index (κ3) is 5.14. The van der Waals surface area contributed by atoms with Gasteiger partial charge in [0.1, 0.15) is 12.4 Å². The van der Waals surface area contributed by atoms with Crippen LogP contribution in [-0.2, 0) is 0 Å². The van der Waals surface area contributed by atoms with Crippen LogP contribution in [0.5, 0.6) is 5.75 Å². The fraction of sp³-hybridized carbons (Fsp3) is 0.448. The minimum Gasteiger partial charge on any atom is -0.486 e. The SMILES string of the molecule is C/C=C/COc1ccc(-c2ccc(C3CCC4CC(/C=C/C)CCC4C3)cc2F)cc1F. The van der Waals surface area contributed by atoms with Crippen molar-refractivity contribution in [3.05, 3.63) is 77.9 Å². The van der Waals surface area contributed by atoms with Crippen LogP contribution in [0.1, 0.15) is 63.9 Å². The quantitative estimate of drug-likeness (QED) is 0.413. The van der Waals surface area contributed by atoms with Gasteiger partial charge >= 0.3 is 0 Å². The van der Waals surface area contributed by atoms with Crippen molar-refractivity contribution in [1.29, 1.82) is 0 Å². The van der Waals surface area contributed by atoms with E-state index in [0.29, 0.717) is 23.7 Å². The van der Waals surface area contributed by atoms with Crippen LogP contribution in [0.3, 0.4) is 0 Å². The van der Waals surface area contributed by atoms with Gasteiger partial charge in [0.05, 0.1) is 0 Å². The Morgan fingerprint density at radius 1 is 0.875 bits per heavy atom. The zero-order chi connectivity index (χ0) is 22.5. The van der Waals surface area contributed by atoms with Crippen LogP contribution >= 0.6 is 0 Å². The Morgan fingerprint density at radius 2 is 1.69 bits per heavy atom. The Morgan fingerprint density at radius 3 is 2.44 bits per heavy atom. The molecule has 32 heavy (non-hydrogen) atoms. The van der Waals surface area contributed by atoms with E-state index in [1.165, 1.54) is 38.2 Å². The van der Waals surface area contributed by atoms with Crippen LogP contribution in [0.4, 0.5) is 8.78 Å². The summed E-state index contributed by atoms with van der Waals surface area (Å²) >= 11 is 0. The van der Waals surface area contributed by atoms with Crippen LogP contribution in [0.15, 0.2) is 60.7 Å². The number of hydrogen-bond donors (Lipinski definition) is 0. The number of rotatable bonds is 6. The summed E-state index contributed by atoms with van der Waals surface area (Å²) < 4.78 is 34.9. The summed E-state index contributed by atoms with van der Waals surface area (Å²) in [5.74, 6) is 2.20. The van der Waals surface area contributed by atoms with E-state index in [9.17, 15) is 4.39 Å². The molecule has 0 spiro atoms. The van der Waals surface area contributed by atoms with Gasteiger partial charge in [-0.3, -0.25) is 0 Å². The summed E-state index contributed by atoms with van der Waals surface area (Å²) in [6.45, 7) is 4.31. The van der Waals surface area contributed by atoms with Crippen molar-refractivity contribution in [2.45, 2.75) is 58.3 Å². The summed E-state index contributed by atoms with van der Waals surface area (Å²) in [7, 11) is 0. The van der Waals surface area contributed by atoms with Crippen LogP contribution in [0.2, 0.25) is 0 Å². The molecule has 4 unspecified atom stereocenters. The molecule has 2 aliphatic carbocycles. The molecule has 0 N–H and O–H groups in total. The molecule has 0 amide bonds. The maximum Gasteiger partial charge on any atom is 0.165 e. The Labute approximate surface area is 191 Å². The molecule has 2 aromatic rings. The van der Waals surface area contributed by atoms with Gasteiger partial charge in [-0.25, -0.2) is 8.78 Å². The number of halogens is 2. The highest BCUT2D eigenvalue weighted by Gasteiger charge is 2.35. The first-order chi connectivity index (χ1) is 15.6. The van der Waals surface area contributed by atoms with Crippen molar-refractivity contribution in [3.63, 3.8) is 0 Å². The van der Waals surface area contributed by atoms with E-state index in [4.69, 9.17) is 4.74 Å². The maximum absolute atomic E-state index is 15.1. The van der Waals surface area contributed by atoms with Gasteiger partial charge in [0, 0.05) is 5.56 Å². The van der Waals surface area contributed by atoms with Crippen LogP contribution in [0.25, 0.3) is 11.1 Å². The average Bonchev–Trinajstić information content (AvgIpc) is 2.80. The van der Waals surface area contributed by atoms with E-state index in [2.05, 4.69) is 19.1 Å². The van der Waals surface area contributed by atoms with Gasteiger partial charge in [0.2, 0.25) is 0 Å². The molecule has 2 aliphatic rings. The van der Waals surface area contributed by atoms with Gasteiger partial charge in [0.15, 0.2) is 11.6 Å². The molecular weight excluding hydrogens is 402 g/mol. The Balaban J connectivity index is 1.44. The zero-order valence-corrected chi connectivity index (χ0v) is 19.2. The van der Waals surface area contributed by atoms with Crippen molar-refractivity contribution in [3.8, 4) is 16.9 Å². The summed E-state index contributed by atoms with van der Waals surface area (Å²) in [4.78, 5) is 0. The van der Waals surface area contributed by atoms with Crippen LogP contribution in [-0.4, -0.2) is 6.61 Å². The van der Waals surface area contributed by atoms with Crippen LogP contribution in [0, 0.1) is 29.4 Å². The molecule has 1 nitrogen and oxygen atoms in total. The number of ether oxygens (including phenoxy) is 1. The first-order valence-corrected chi connectivity index (χ1v) is 12.0. The fourth-order valence-electron chi connectivity index (χ4n) is 5.71. The van der Waals surface area contributed by atoms with Crippen LogP contribution < -0.4 is 4.74 Å². The number of allylic oxidation sites excluding steroid dienone is 3. The largest absolute Gasteiger partial charge is 0.486 e. The molecule has 2 fully saturated rings. The average molecular weight is 437 g/mol. The Kier molecular flexibility index (Phi) is 7.44. The molecule has 0 radical (unpaired) electrons. The van der Waals surface area contributed by atoms with Gasteiger partial charge in [-0.05, 0) is 105 Å². The van der Waals surface area contributed by atoms with Crippen molar-refractivity contribution < 1.29 is 13.5 Å². The summed E-state index contributed by atoms with van der Waals surface area (Å²) in [6.07, 6.45) is 15.7. The van der Waals surface area contributed by atoms with Gasteiger partial charge in [-0.15, -0.1) is 0 Å². The molecule has 170 valence electrons. The molecule has 0 bridgehead atoms. The van der Waals surface area contributed by atoms with E-state index >= 15 is 4.39 Å². The normalized spacial score (nSPS) is 25.9. The van der Waals surface area contributed by atoms with Gasteiger partial charge in [-0.1, -0.05) is 42.5 Å². The molecule has 4 atom stereocenters. The minimum absolute atomic E-state index is 0.185. The standard InChI is InChI=1S/C29H34F2O/c1-3-5-15-32-29-14-12-25(19-28(29)31)26-13-11-24(18-27(26)30)23-10-9-21-16-20(6-4-2)7-8-22(21)17-23/h3-6,11-14,18-23H,7-10,15-17H2,1-2H3/b5-3+,6-4+. The van der Waals surface area contributed by atoms with Crippen molar-refractivity contribution >= 4 is 0 Å². The maximum atomic E-state index is 15.1.